The largest absolute Gasteiger partial charge is 0.346 e. The SMILES string of the molecule is NS(=O)(=O)c1cccc(Nc2cc(C3CCC[NH2+]C3)nc3c(-c4cn[nH]c4)cnn23)c1. The Balaban J connectivity index is 1.62. The Kier molecular flexibility index (Phi) is 4.93. The molecule has 0 saturated carbocycles. The van der Waals surface area contributed by atoms with Crippen molar-refractivity contribution in [2.75, 3.05) is 18.4 Å². The summed E-state index contributed by atoms with van der Waals surface area (Å²) in [5.41, 5.74) is 4.07. The quantitative estimate of drug-likeness (QED) is 0.364. The van der Waals surface area contributed by atoms with Crippen LogP contribution in [0.3, 0.4) is 0 Å². The van der Waals surface area contributed by atoms with Crippen molar-refractivity contribution < 1.29 is 13.7 Å². The van der Waals surface area contributed by atoms with Gasteiger partial charge >= 0.3 is 0 Å². The highest BCUT2D eigenvalue weighted by Crippen LogP contribution is 2.30. The molecule has 31 heavy (non-hydrogen) atoms. The van der Waals surface area contributed by atoms with Crippen LogP contribution in [0.4, 0.5) is 11.5 Å². The predicted octanol–water partition coefficient (Wildman–Crippen LogP) is 0.951. The molecule has 0 bridgehead atoms. The van der Waals surface area contributed by atoms with Crippen molar-refractivity contribution in [2.45, 2.75) is 23.7 Å². The highest BCUT2D eigenvalue weighted by atomic mass is 32.2. The molecule has 4 aromatic rings. The number of sulfonamides is 1. The molecule has 0 aliphatic carbocycles. The Morgan fingerprint density at radius 2 is 2.16 bits per heavy atom. The molecule has 1 aliphatic rings. The summed E-state index contributed by atoms with van der Waals surface area (Å²) in [5.74, 6) is 1.04. The summed E-state index contributed by atoms with van der Waals surface area (Å²) < 4.78 is 25.2. The van der Waals surface area contributed by atoms with E-state index >= 15 is 0 Å². The van der Waals surface area contributed by atoms with Crippen LogP contribution in [-0.4, -0.2) is 46.3 Å². The number of fused-ring (bicyclic) bond motifs is 1. The highest BCUT2D eigenvalue weighted by Gasteiger charge is 2.23. The average Bonchev–Trinajstić information content (AvgIpc) is 3.44. The molecule has 1 aliphatic heterocycles. The Morgan fingerprint density at radius 1 is 1.26 bits per heavy atom. The fraction of sp³-hybridized carbons (Fsp3) is 0.250. The van der Waals surface area contributed by atoms with Gasteiger partial charge in [-0.1, -0.05) is 6.07 Å². The summed E-state index contributed by atoms with van der Waals surface area (Å²) in [7, 11) is -3.80. The Morgan fingerprint density at radius 3 is 2.90 bits per heavy atom. The molecule has 0 spiro atoms. The van der Waals surface area contributed by atoms with Gasteiger partial charge in [-0.05, 0) is 31.0 Å². The number of aromatic nitrogens is 5. The van der Waals surface area contributed by atoms with E-state index in [0.717, 1.165) is 48.4 Å². The lowest BCUT2D eigenvalue weighted by Gasteiger charge is -2.21. The summed E-state index contributed by atoms with van der Waals surface area (Å²) in [5, 5.41) is 22.3. The summed E-state index contributed by atoms with van der Waals surface area (Å²) in [6.07, 6.45) is 7.53. The number of nitrogens with one attached hydrogen (secondary N) is 2. The number of quaternary nitrogens is 1. The zero-order valence-electron chi connectivity index (χ0n) is 16.7. The molecule has 3 aromatic heterocycles. The Hall–Kier alpha value is -3.28. The minimum absolute atomic E-state index is 0.0458. The summed E-state index contributed by atoms with van der Waals surface area (Å²) in [4.78, 5) is 5.00. The van der Waals surface area contributed by atoms with E-state index in [1.54, 1.807) is 29.0 Å². The smallest absolute Gasteiger partial charge is 0.238 e. The number of aromatic amines is 1. The number of hydrogen-bond donors (Lipinski definition) is 4. The molecule has 1 atom stereocenters. The van der Waals surface area contributed by atoms with Gasteiger partial charge in [-0.25, -0.2) is 18.5 Å². The minimum Gasteiger partial charge on any atom is -0.346 e. The van der Waals surface area contributed by atoms with Crippen molar-refractivity contribution >= 4 is 27.2 Å². The van der Waals surface area contributed by atoms with Crippen molar-refractivity contribution in [3.8, 4) is 11.1 Å². The van der Waals surface area contributed by atoms with Gasteiger partial charge < -0.3 is 10.6 Å². The first-order chi connectivity index (χ1) is 15.0. The van der Waals surface area contributed by atoms with Crippen LogP contribution in [0.25, 0.3) is 16.8 Å². The monoisotopic (exact) mass is 439 g/mol. The zero-order chi connectivity index (χ0) is 21.4. The van der Waals surface area contributed by atoms with E-state index in [9.17, 15) is 8.42 Å². The minimum atomic E-state index is -3.80. The van der Waals surface area contributed by atoms with Gasteiger partial charge in [0.15, 0.2) is 5.65 Å². The highest BCUT2D eigenvalue weighted by molar-refractivity contribution is 7.89. The number of H-pyrrole nitrogens is 1. The fourth-order valence-electron chi connectivity index (χ4n) is 3.99. The zero-order valence-corrected chi connectivity index (χ0v) is 17.5. The molecular weight excluding hydrogens is 416 g/mol. The van der Waals surface area contributed by atoms with Crippen molar-refractivity contribution in [1.29, 1.82) is 0 Å². The van der Waals surface area contributed by atoms with Gasteiger partial charge in [-0.15, -0.1) is 0 Å². The molecule has 1 saturated heterocycles. The molecule has 6 N–H and O–H groups in total. The van der Waals surface area contributed by atoms with Crippen LogP contribution >= 0.6 is 0 Å². The van der Waals surface area contributed by atoms with Crippen LogP contribution in [0, 0.1) is 0 Å². The van der Waals surface area contributed by atoms with E-state index in [0.29, 0.717) is 17.4 Å². The van der Waals surface area contributed by atoms with Crippen LogP contribution in [0.15, 0.2) is 53.8 Å². The Bertz CT molecular complexity index is 1320. The van der Waals surface area contributed by atoms with Gasteiger partial charge in [0.25, 0.3) is 0 Å². The first-order valence-electron chi connectivity index (χ1n) is 10.1. The van der Waals surface area contributed by atoms with Crippen LogP contribution in [0.1, 0.15) is 24.5 Å². The fourth-order valence-corrected chi connectivity index (χ4v) is 4.55. The number of nitrogens with two attached hydrogens (primary N) is 2. The lowest BCUT2D eigenvalue weighted by atomic mass is 9.96. The number of hydrogen-bond acceptors (Lipinski definition) is 6. The molecule has 0 amide bonds. The van der Waals surface area contributed by atoms with E-state index in [2.05, 4.69) is 25.9 Å². The van der Waals surface area contributed by atoms with Crippen molar-refractivity contribution in [2.24, 2.45) is 5.14 Å². The molecule has 160 valence electrons. The van der Waals surface area contributed by atoms with E-state index in [-0.39, 0.29) is 4.90 Å². The van der Waals surface area contributed by atoms with E-state index < -0.39 is 10.0 Å². The summed E-state index contributed by atoms with van der Waals surface area (Å²) >= 11 is 0. The van der Waals surface area contributed by atoms with Gasteiger partial charge in [0.05, 0.1) is 42.0 Å². The van der Waals surface area contributed by atoms with Crippen molar-refractivity contribution in [3.63, 3.8) is 0 Å². The number of nitrogens with zero attached hydrogens (tertiary/aromatic N) is 4. The van der Waals surface area contributed by atoms with E-state index in [4.69, 9.17) is 10.1 Å². The standard InChI is InChI=1S/C20H22N8O2S/c21-31(29,30)16-5-1-4-15(7-16)26-19-8-18(13-3-2-6-22-9-13)27-20-17(12-25-28(19)20)14-10-23-24-11-14/h1,4-5,7-8,10-13,22,26H,2-3,6,9H2,(H,23,24)(H2,21,29,30)/p+1. The summed E-state index contributed by atoms with van der Waals surface area (Å²) in [6, 6.07) is 8.41. The van der Waals surface area contributed by atoms with Crippen LogP contribution in [0.5, 0.6) is 0 Å². The van der Waals surface area contributed by atoms with Gasteiger partial charge in [-0.2, -0.15) is 14.7 Å². The second kappa shape index (κ2) is 7.76. The third-order valence-electron chi connectivity index (χ3n) is 5.57. The number of anilines is 2. The molecule has 5 rings (SSSR count). The number of benzene rings is 1. The maximum Gasteiger partial charge on any atom is 0.238 e. The lowest BCUT2D eigenvalue weighted by molar-refractivity contribution is -0.664. The van der Waals surface area contributed by atoms with Gasteiger partial charge in [-0.3, -0.25) is 5.10 Å². The second-order valence-electron chi connectivity index (χ2n) is 7.70. The van der Waals surface area contributed by atoms with Gasteiger partial charge in [0.2, 0.25) is 10.0 Å². The molecular formula is C20H23N8O2S+. The molecule has 1 fully saturated rings. The lowest BCUT2D eigenvalue weighted by Crippen LogP contribution is -2.86. The maximum absolute atomic E-state index is 11.8. The van der Waals surface area contributed by atoms with Crippen LogP contribution < -0.4 is 15.8 Å². The molecule has 1 unspecified atom stereocenters. The second-order valence-corrected chi connectivity index (χ2v) is 9.26. The number of rotatable bonds is 5. The number of primary sulfonamides is 1. The van der Waals surface area contributed by atoms with Crippen molar-refractivity contribution in [1.82, 2.24) is 24.8 Å². The van der Waals surface area contributed by atoms with Crippen molar-refractivity contribution in [3.05, 3.63) is 54.6 Å². The average molecular weight is 440 g/mol. The molecule has 4 heterocycles. The topological polar surface area (TPSA) is 148 Å². The van der Waals surface area contributed by atoms with Crippen LogP contribution in [0.2, 0.25) is 0 Å². The first kappa shape index (κ1) is 19.7. The molecule has 1 aromatic carbocycles. The first-order valence-corrected chi connectivity index (χ1v) is 11.6. The van der Waals surface area contributed by atoms with E-state index in [1.807, 2.05) is 12.3 Å². The van der Waals surface area contributed by atoms with Gasteiger partial charge in [0, 0.05) is 29.1 Å². The van der Waals surface area contributed by atoms with E-state index in [1.165, 1.54) is 12.1 Å². The maximum atomic E-state index is 11.8. The normalized spacial score (nSPS) is 17.1. The molecule has 11 heteroatoms. The predicted molar refractivity (Wildman–Crippen MR) is 115 cm³/mol. The molecule has 0 radical (unpaired) electrons. The third-order valence-corrected chi connectivity index (χ3v) is 6.48. The Labute approximate surface area is 178 Å². The number of piperidine rings is 1. The van der Waals surface area contributed by atoms with Crippen LogP contribution in [-0.2, 0) is 10.0 Å². The third kappa shape index (κ3) is 3.90. The molecule has 10 nitrogen and oxygen atoms in total. The van der Waals surface area contributed by atoms with Gasteiger partial charge in [0.1, 0.15) is 5.82 Å². The summed E-state index contributed by atoms with van der Waals surface area (Å²) in [6.45, 7) is 2.12.